The standard InChI is InChI=1S/C19H22N2O5S/c1-25-15-7-5-14(6-8-15)20-19(22)18-4-3-13-21(18)27(23,24)17-11-9-16(26-2)10-12-17/h5-12,18H,3-4,13H2,1-2H3,(H,20,22)/t18-/m1/s1. The summed E-state index contributed by atoms with van der Waals surface area (Å²) in [5, 5.41) is 2.79. The van der Waals surface area contributed by atoms with Crippen LogP contribution in [0, 0.1) is 0 Å². The Morgan fingerprint density at radius 1 is 1.00 bits per heavy atom. The molecule has 1 amide bonds. The molecule has 1 aliphatic rings. The van der Waals surface area contributed by atoms with E-state index < -0.39 is 16.1 Å². The first-order valence-corrected chi connectivity index (χ1v) is 10.0. The van der Waals surface area contributed by atoms with E-state index in [0.717, 1.165) is 0 Å². The van der Waals surface area contributed by atoms with Crippen LogP contribution in [0.3, 0.4) is 0 Å². The maximum absolute atomic E-state index is 13.0. The number of hydrogen-bond donors (Lipinski definition) is 1. The third-order valence-electron chi connectivity index (χ3n) is 4.53. The van der Waals surface area contributed by atoms with Crippen molar-refractivity contribution < 1.29 is 22.7 Å². The van der Waals surface area contributed by atoms with Gasteiger partial charge in [-0.25, -0.2) is 8.42 Å². The third-order valence-corrected chi connectivity index (χ3v) is 6.45. The first-order valence-electron chi connectivity index (χ1n) is 8.56. The van der Waals surface area contributed by atoms with Gasteiger partial charge in [-0.1, -0.05) is 0 Å². The van der Waals surface area contributed by atoms with E-state index in [4.69, 9.17) is 9.47 Å². The molecule has 1 heterocycles. The van der Waals surface area contributed by atoms with Crippen molar-refractivity contribution in [1.29, 1.82) is 0 Å². The smallest absolute Gasteiger partial charge is 0.243 e. The Bertz CT molecular complexity index is 895. The predicted octanol–water partition coefficient (Wildman–Crippen LogP) is 2.50. The Balaban J connectivity index is 1.77. The summed E-state index contributed by atoms with van der Waals surface area (Å²) in [5.74, 6) is 0.913. The molecule has 0 bridgehead atoms. The van der Waals surface area contributed by atoms with E-state index in [1.54, 1.807) is 43.5 Å². The Morgan fingerprint density at radius 2 is 1.56 bits per heavy atom. The summed E-state index contributed by atoms with van der Waals surface area (Å²) in [5.41, 5.74) is 0.592. The molecule has 0 unspecified atom stereocenters. The van der Waals surface area contributed by atoms with Crippen LogP contribution in [0.1, 0.15) is 12.8 Å². The van der Waals surface area contributed by atoms with Crippen molar-refractivity contribution in [2.45, 2.75) is 23.8 Å². The zero-order valence-corrected chi connectivity index (χ0v) is 16.0. The maximum atomic E-state index is 13.0. The maximum Gasteiger partial charge on any atom is 0.243 e. The van der Waals surface area contributed by atoms with E-state index in [2.05, 4.69) is 5.32 Å². The lowest BCUT2D eigenvalue weighted by Crippen LogP contribution is -2.43. The fourth-order valence-electron chi connectivity index (χ4n) is 3.07. The molecule has 0 saturated carbocycles. The van der Waals surface area contributed by atoms with Gasteiger partial charge in [-0.05, 0) is 61.4 Å². The lowest BCUT2D eigenvalue weighted by molar-refractivity contribution is -0.119. The van der Waals surface area contributed by atoms with Crippen molar-refractivity contribution in [2.24, 2.45) is 0 Å². The predicted molar refractivity (Wildman–Crippen MR) is 102 cm³/mol. The van der Waals surface area contributed by atoms with Crippen molar-refractivity contribution in [3.05, 3.63) is 48.5 Å². The van der Waals surface area contributed by atoms with E-state index in [0.29, 0.717) is 36.6 Å². The van der Waals surface area contributed by atoms with Gasteiger partial charge in [0.15, 0.2) is 0 Å². The van der Waals surface area contributed by atoms with Gasteiger partial charge in [0.1, 0.15) is 17.5 Å². The lowest BCUT2D eigenvalue weighted by Gasteiger charge is -2.23. The van der Waals surface area contributed by atoms with E-state index in [1.165, 1.54) is 23.5 Å². The minimum Gasteiger partial charge on any atom is -0.497 e. The minimum absolute atomic E-state index is 0.146. The summed E-state index contributed by atoms with van der Waals surface area (Å²) in [7, 11) is -0.683. The number of ether oxygens (including phenoxy) is 2. The summed E-state index contributed by atoms with van der Waals surface area (Å²) >= 11 is 0. The van der Waals surface area contributed by atoms with E-state index in [9.17, 15) is 13.2 Å². The normalized spacial score (nSPS) is 17.5. The fourth-order valence-corrected chi connectivity index (χ4v) is 4.73. The van der Waals surface area contributed by atoms with Crippen LogP contribution in [-0.4, -0.2) is 45.4 Å². The van der Waals surface area contributed by atoms with Gasteiger partial charge in [-0.3, -0.25) is 4.79 Å². The fraction of sp³-hybridized carbons (Fsp3) is 0.316. The van der Waals surface area contributed by atoms with Gasteiger partial charge in [0.05, 0.1) is 19.1 Å². The second kappa shape index (κ2) is 7.98. The Hall–Kier alpha value is -2.58. The summed E-state index contributed by atoms with van der Waals surface area (Å²) in [6.07, 6.45) is 1.12. The van der Waals surface area contributed by atoms with Crippen LogP contribution in [0.15, 0.2) is 53.4 Å². The molecule has 2 aromatic rings. The van der Waals surface area contributed by atoms with Crippen LogP contribution in [0.25, 0.3) is 0 Å². The highest BCUT2D eigenvalue weighted by Crippen LogP contribution is 2.28. The van der Waals surface area contributed by atoms with E-state index >= 15 is 0 Å². The van der Waals surface area contributed by atoms with E-state index in [-0.39, 0.29) is 10.8 Å². The Kier molecular flexibility index (Phi) is 5.67. The molecule has 7 nitrogen and oxygen atoms in total. The molecule has 1 N–H and O–H groups in total. The largest absolute Gasteiger partial charge is 0.497 e. The molecule has 1 aliphatic heterocycles. The van der Waals surface area contributed by atoms with Crippen LogP contribution >= 0.6 is 0 Å². The molecule has 2 aromatic carbocycles. The molecular weight excluding hydrogens is 368 g/mol. The molecule has 144 valence electrons. The lowest BCUT2D eigenvalue weighted by atomic mass is 10.2. The SMILES string of the molecule is COc1ccc(NC(=O)[C@H]2CCCN2S(=O)(=O)c2ccc(OC)cc2)cc1. The van der Waals surface area contributed by atoms with Gasteiger partial charge in [-0.15, -0.1) is 0 Å². The molecule has 0 aliphatic carbocycles. The summed E-state index contributed by atoms with van der Waals surface area (Å²) < 4.78 is 37.4. The average Bonchev–Trinajstić information content (AvgIpc) is 3.19. The number of carbonyl (C=O) groups excluding carboxylic acids is 1. The van der Waals surface area contributed by atoms with Crippen molar-refractivity contribution >= 4 is 21.6 Å². The molecule has 3 rings (SSSR count). The Morgan fingerprint density at radius 3 is 2.11 bits per heavy atom. The number of nitrogens with one attached hydrogen (secondary N) is 1. The molecule has 1 fully saturated rings. The summed E-state index contributed by atoms with van der Waals surface area (Å²) in [6, 6.07) is 12.3. The molecule has 1 atom stereocenters. The van der Waals surface area contributed by atoms with Gasteiger partial charge < -0.3 is 14.8 Å². The number of methoxy groups -OCH3 is 2. The second-order valence-corrected chi connectivity index (χ2v) is 8.06. The number of amides is 1. The van der Waals surface area contributed by atoms with Crippen LogP contribution in [0.2, 0.25) is 0 Å². The second-order valence-electron chi connectivity index (χ2n) is 6.17. The van der Waals surface area contributed by atoms with Gasteiger partial charge >= 0.3 is 0 Å². The number of sulfonamides is 1. The zero-order valence-electron chi connectivity index (χ0n) is 15.2. The highest BCUT2D eigenvalue weighted by molar-refractivity contribution is 7.89. The molecule has 27 heavy (non-hydrogen) atoms. The van der Waals surface area contributed by atoms with Gasteiger partial charge in [0.2, 0.25) is 15.9 Å². The van der Waals surface area contributed by atoms with Crippen LogP contribution < -0.4 is 14.8 Å². The summed E-state index contributed by atoms with van der Waals surface area (Å²) in [4.78, 5) is 12.8. The molecule has 0 aromatic heterocycles. The number of nitrogens with zero attached hydrogens (tertiary/aromatic N) is 1. The van der Waals surface area contributed by atoms with Crippen molar-refractivity contribution in [3.8, 4) is 11.5 Å². The zero-order chi connectivity index (χ0) is 19.4. The van der Waals surface area contributed by atoms with Gasteiger partial charge in [0, 0.05) is 12.2 Å². The first-order chi connectivity index (χ1) is 13.0. The highest BCUT2D eigenvalue weighted by atomic mass is 32.2. The van der Waals surface area contributed by atoms with Crippen LogP contribution in [-0.2, 0) is 14.8 Å². The third kappa shape index (κ3) is 4.06. The van der Waals surface area contributed by atoms with E-state index in [1.807, 2.05) is 0 Å². The van der Waals surface area contributed by atoms with Crippen LogP contribution in [0.4, 0.5) is 5.69 Å². The van der Waals surface area contributed by atoms with Gasteiger partial charge in [-0.2, -0.15) is 4.31 Å². The topological polar surface area (TPSA) is 84.9 Å². The number of anilines is 1. The number of carbonyl (C=O) groups is 1. The molecule has 8 heteroatoms. The number of hydrogen-bond acceptors (Lipinski definition) is 5. The molecule has 0 radical (unpaired) electrons. The average molecular weight is 390 g/mol. The monoisotopic (exact) mass is 390 g/mol. The van der Waals surface area contributed by atoms with Crippen LogP contribution in [0.5, 0.6) is 11.5 Å². The number of benzene rings is 2. The minimum atomic E-state index is -3.76. The highest BCUT2D eigenvalue weighted by Gasteiger charge is 2.39. The molecule has 1 saturated heterocycles. The summed E-state index contributed by atoms with van der Waals surface area (Å²) in [6.45, 7) is 0.315. The van der Waals surface area contributed by atoms with Crippen molar-refractivity contribution in [2.75, 3.05) is 26.1 Å². The number of rotatable bonds is 6. The Labute approximate surface area is 158 Å². The molecule has 0 spiro atoms. The molecular formula is C19H22N2O5S. The van der Waals surface area contributed by atoms with Gasteiger partial charge in [0.25, 0.3) is 0 Å². The van der Waals surface area contributed by atoms with Crippen molar-refractivity contribution in [1.82, 2.24) is 4.31 Å². The van der Waals surface area contributed by atoms with Crippen molar-refractivity contribution in [3.63, 3.8) is 0 Å². The quantitative estimate of drug-likeness (QED) is 0.819. The first kappa shape index (κ1) is 19.2.